The van der Waals surface area contributed by atoms with Gasteiger partial charge in [-0.25, -0.2) is 9.67 Å². The first-order chi connectivity index (χ1) is 15.6. The number of aromatic nitrogens is 4. The smallest absolute Gasteiger partial charge is 0.274 e. The van der Waals surface area contributed by atoms with Crippen LogP contribution < -0.4 is 0 Å². The number of nitrogens with zero attached hydrogens (tertiary/aromatic N) is 5. The second-order valence-electron chi connectivity index (χ2n) is 8.30. The van der Waals surface area contributed by atoms with E-state index in [4.69, 9.17) is 0 Å². The maximum Gasteiger partial charge on any atom is 0.274 e. The van der Waals surface area contributed by atoms with Crippen LogP contribution in [0, 0.1) is 13.8 Å². The fourth-order valence-electron chi connectivity index (χ4n) is 4.45. The number of hydrogen-bond acceptors (Lipinski definition) is 5. The molecule has 3 heterocycles. The molecule has 32 heavy (non-hydrogen) atoms. The lowest BCUT2D eigenvalue weighted by molar-refractivity contribution is 0.0732. The fourth-order valence-corrected chi connectivity index (χ4v) is 5.36. The zero-order chi connectivity index (χ0) is 22.1. The first-order valence-electron chi connectivity index (χ1n) is 10.9. The summed E-state index contributed by atoms with van der Waals surface area (Å²) in [5.41, 5.74) is 5.00. The maximum atomic E-state index is 13.6. The standard InChI is InChI=1S/C25H25N5OS/c1-17-6-3-8-20(14-17)24-23(27-18(2)32-24)25(31)29-12-5-10-21(29)15-19-7-4-9-22(16-19)30-13-11-26-28-30/h3-4,6-9,11,13-14,16,21H,5,10,12,15H2,1-2H3/t21-/m0/s1. The van der Waals surface area contributed by atoms with Crippen molar-refractivity contribution in [3.05, 3.63) is 82.8 Å². The van der Waals surface area contributed by atoms with Crippen molar-refractivity contribution < 1.29 is 4.79 Å². The van der Waals surface area contributed by atoms with Crippen LogP contribution in [0.4, 0.5) is 0 Å². The molecule has 4 aromatic rings. The number of hydrogen-bond donors (Lipinski definition) is 0. The molecule has 0 spiro atoms. The van der Waals surface area contributed by atoms with Gasteiger partial charge in [0.15, 0.2) is 0 Å². The first-order valence-corrected chi connectivity index (χ1v) is 11.7. The number of likely N-dealkylation sites (tertiary alicyclic amines) is 1. The van der Waals surface area contributed by atoms with Crippen LogP contribution in [0.3, 0.4) is 0 Å². The maximum absolute atomic E-state index is 13.6. The number of rotatable bonds is 5. The van der Waals surface area contributed by atoms with Crippen LogP contribution in [0.25, 0.3) is 16.1 Å². The molecule has 0 unspecified atom stereocenters. The van der Waals surface area contributed by atoms with Crippen LogP contribution in [0.2, 0.25) is 0 Å². The largest absolute Gasteiger partial charge is 0.334 e. The minimum Gasteiger partial charge on any atom is -0.334 e. The van der Waals surface area contributed by atoms with Gasteiger partial charge in [0, 0.05) is 12.6 Å². The number of thiazole rings is 1. The summed E-state index contributed by atoms with van der Waals surface area (Å²) in [6.45, 7) is 4.82. The van der Waals surface area contributed by atoms with E-state index in [0.29, 0.717) is 5.69 Å². The van der Waals surface area contributed by atoms with Crippen molar-refractivity contribution in [2.75, 3.05) is 6.54 Å². The molecule has 0 aliphatic carbocycles. The first kappa shape index (κ1) is 20.6. The minimum absolute atomic E-state index is 0.0424. The molecule has 2 aromatic heterocycles. The van der Waals surface area contributed by atoms with Gasteiger partial charge in [0.1, 0.15) is 5.69 Å². The van der Waals surface area contributed by atoms with Crippen LogP contribution in [0.15, 0.2) is 60.9 Å². The van der Waals surface area contributed by atoms with Crippen molar-refractivity contribution in [3.63, 3.8) is 0 Å². The summed E-state index contributed by atoms with van der Waals surface area (Å²) in [5.74, 6) is 0.0424. The number of benzene rings is 2. The van der Waals surface area contributed by atoms with E-state index in [2.05, 4.69) is 52.6 Å². The third-order valence-electron chi connectivity index (χ3n) is 5.92. The zero-order valence-corrected chi connectivity index (χ0v) is 19.0. The second kappa shape index (κ2) is 8.67. The Hall–Kier alpha value is -3.32. The SMILES string of the molecule is Cc1cccc(-c2sc(C)nc2C(=O)N2CCC[C@H]2Cc2cccc(-n3ccnn3)c2)c1. The molecule has 0 bridgehead atoms. The third kappa shape index (κ3) is 4.08. The summed E-state index contributed by atoms with van der Waals surface area (Å²) >= 11 is 1.59. The average Bonchev–Trinajstić information content (AvgIpc) is 3.55. The molecule has 1 aliphatic heterocycles. The van der Waals surface area contributed by atoms with E-state index in [9.17, 15) is 4.79 Å². The molecule has 1 atom stereocenters. The molecular formula is C25H25N5OS. The molecule has 1 saturated heterocycles. The Bertz CT molecular complexity index is 1250. The predicted octanol–water partition coefficient (Wildman–Crippen LogP) is 4.85. The van der Waals surface area contributed by atoms with Crippen molar-refractivity contribution in [1.29, 1.82) is 0 Å². The fraction of sp³-hybridized carbons (Fsp3) is 0.280. The van der Waals surface area contributed by atoms with Crippen LogP contribution in [0.1, 0.15) is 39.5 Å². The number of amides is 1. The van der Waals surface area contributed by atoms with Crippen molar-refractivity contribution in [2.45, 2.75) is 39.2 Å². The van der Waals surface area contributed by atoms with Gasteiger partial charge in [0.25, 0.3) is 5.91 Å². The van der Waals surface area contributed by atoms with E-state index < -0.39 is 0 Å². The van der Waals surface area contributed by atoms with Gasteiger partial charge in [-0.15, -0.1) is 16.4 Å². The number of aryl methyl sites for hydroxylation is 2. The van der Waals surface area contributed by atoms with Crippen LogP contribution in [-0.2, 0) is 6.42 Å². The zero-order valence-electron chi connectivity index (χ0n) is 18.2. The van der Waals surface area contributed by atoms with Gasteiger partial charge < -0.3 is 4.90 Å². The molecular weight excluding hydrogens is 418 g/mol. The highest BCUT2D eigenvalue weighted by molar-refractivity contribution is 7.15. The van der Waals surface area contributed by atoms with Crippen molar-refractivity contribution >= 4 is 17.2 Å². The van der Waals surface area contributed by atoms with Gasteiger partial charge in [-0.05, 0) is 56.4 Å². The lowest BCUT2D eigenvalue weighted by Gasteiger charge is -2.25. The highest BCUT2D eigenvalue weighted by Crippen LogP contribution is 2.33. The third-order valence-corrected chi connectivity index (χ3v) is 6.94. The topological polar surface area (TPSA) is 63.9 Å². The Balaban J connectivity index is 1.40. The molecule has 6 nitrogen and oxygen atoms in total. The van der Waals surface area contributed by atoms with Crippen molar-refractivity contribution in [1.82, 2.24) is 24.9 Å². The van der Waals surface area contributed by atoms with Crippen LogP contribution >= 0.6 is 11.3 Å². The van der Waals surface area contributed by atoms with Gasteiger partial charge in [-0.3, -0.25) is 4.79 Å². The molecule has 1 aliphatic rings. The summed E-state index contributed by atoms with van der Waals surface area (Å²) in [6, 6.07) is 16.8. The molecule has 5 rings (SSSR count). The van der Waals surface area contributed by atoms with E-state index in [1.165, 1.54) is 11.1 Å². The Labute approximate surface area is 191 Å². The lowest BCUT2D eigenvalue weighted by atomic mass is 10.0. The van der Waals surface area contributed by atoms with Crippen molar-refractivity contribution in [3.8, 4) is 16.1 Å². The molecule has 1 fully saturated rings. The van der Waals surface area contributed by atoms with Crippen LogP contribution in [0.5, 0.6) is 0 Å². The Morgan fingerprint density at radius 3 is 2.84 bits per heavy atom. The molecule has 0 N–H and O–H groups in total. The van der Waals surface area contributed by atoms with Gasteiger partial charge >= 0.3 is 0 Å². The van der Waals surface area contributed by atoms with E-state index in [1.807, 2.05) is 36.2 Å². The quantitative estimate of drug-likeness (QED) is 0.442. The van der Waals surface area contributed by atoms with Crippen LogP contribution in [-0.4, -0.2) is 43.4 Å². The Kier molecular flexibility index (Phi) is 5.57. The monoisotopic (exact) mass is 443 g/mol. The van der Waals surface area contributed by atoms with E-state index in [0.717, 1.165) is 46.9 Å². The van der Waals surface area contributed by atoms with Gasteiger partial charge in [-0.2, -0.15) is 0 Å². The van der Waals surface area contributed by atoms with E-state index >= 15 is 0 Å². The van der Waals surface area contributed by atoms with E-state index in [-0.39, 0.29) is 11.9 Å². The predicted molar refractivity (Wildman–Crippen MR) is 126 cm³/mol. The highest BCUT2D eigenvalue weighted by Gasteiger charge is 2.32. The number of carbonyl (C=O) groups is 1. The summed E-state index contributed by atoms with van der Waals surface area (Å²) in [7, 11) is 0. The normalized spacial score (nSPS) is 15.9. The van der Waals surface area contributed by atoms with Gasteiger partial charge in [-0.1, -0.05) is 47.2 Å². The molecule has 0 saturated carbocycles. The van der Waals surface area contributed by atoms with Gasteiger partial charge in [0.2, 0.25) is 0 Å². The molecule has 1 amide bonds. The lowest BCUT2D eigenvalue weighted by Crippen LogP contribution is -2.37. The Morgan fingerprint density at radius 2 is 2.03 bits per heavy atom. The molecule has 2 aromatic carbocycles. The molecule has 162 valence electrons. The Morgan fingerprint density at radius 1 is 1.16 bits per heavy atom. The second-order valence-corrected chi connectivity index (χ2v) is 9.50. The molecule has 0 radical (unpaired) electrons. The van der Waals surface area contributed by atoms with Gasteiger partial charge in [0.05, 0.1) is 28.0 Å². The highest BCUT2D eigenvalue weighted by atomic mass is 32.1. The average molecular weight is 444 g/mol. The van der Waals surface area contributed by atoms with E-state index in [1.54, 1.807) is 22.2 Å². The minimum atomic E-state index is 0.0424. The number of carbonyl (C=O) groups excluding carboxylic acids is 1. The summed E-state index contributed by atoms with van der Waals surface area (Å²) in [5, 5.41) is 8.90. The summed E-state index contributed by atoms with van der Waals surface area (Å²) in [4.78, 5) is 21.3. The van der Waals surface area contributed by atoms with Crippen molar-refractivity contribution in [2.24, 2.45) is 0 Å². The molecule has 7 heteroatoms. The summed E-state index contributed by atoms with van der Waals surface area (Å²) < 4.78 is 1.76. The summed E-state index contributed by atoms with van der Waals surface area (Å²) in [6.07, 6.45) is 6.34.